The average Bonchev–Trinajstić information content (AvgIpc) is 2.47. The number of hydrogen-bond donors (Lipinski definition) is 1. The quantitative estimate of drug-likeness (QED) is 0.912. The summed E-state index contributed by atoms with van der Waals surface area (Å²) in [4.78, 5) is 14.3. The minimum Gasteiger partial charge on any atom is -0.375 e. The van der Waals surface area contributed by atoms with E-state index in [0.717, 1.165) is 13.1 Å². The highest BCUT2D eigenvalue weighted by Gasteiger charge is 2.33. The Hall–Kier alpha value is -1.39. The van der Waals surface area contributed by atoms with E-state index in [1.165, 1.54) is 5.56 Å². The summed E-state index contributed by atoms with van der Waals surface area (Å²) in [5, 5.41) is 3.56. The molecule has 0 spiro atoms. The molecule has 0 aliphatic carbocycles. The van der Waals surface area contributed by atoms with Crippen LogP contribution in [0.25, 0.3) is 0 Å². The first-order valence-corrected chi connectivity index (χ1v) is 7.20. The SMILES string of the molecule is COCC(=O)N1CC(C(C)C)NCC1c1ccccc1. The molecule has 1 N–H and O–H groups in total. The van der Waals surface area contributed by atoms with Crippen molar-refractivity contribution in [2.75, 3.05) is 26.8 Å². The number of carbonyl (C=O) groups is 1. The van der Waals surface area contributed by atoms with Gasteiger partial charge in [0, 0.05) is 26.2 Å². The molecular formula is C16H24N2O2. The van der Waals surface area contributed by atoms with Crippen LogP contribution in [0.15, 0.2) is 30.3 Å². The van der Waals surface area contributed by atoms with Gasteiger partial charge in [0.05, 0.1) is 6.04 Å². The lowest BCUT2D eigenvalue weighted by Gasteiger charge is -2.42. The van der Waals surface area contributed by atoms with E-state index in [4.69, 9.17) is 4.74 Å². The monoisotopic (exact) mass is 276 g/mol. The van der Waals surface area contributed by atoms with Gasteiger partial charge in [-0.05, 0) is 11.5 Å². The van der Waals surface area contributed by atoms with Crippen molar-refractivity contribution >= 4 is 5.91 Å². The van der Waals surface area contributed by atoms with Crippen molar-refractivity contribution in [1.82, 2.24) is 10.2 Å². The zero-order chi connectivity index (χ0) is 14.5. The number of amides is 1. The first-order chi connectivity index (χ1) is 9.63. The number of nitrogens with zero attached hydrogens (tertiary/aromatic N) is 1. The van der Waals surface area contributed by atoms with Crippen molar-refractivity contribution in [2.45, 2.75) is 25.9 Å². The number of carbonyl (C=O) groups excluding carboxylic acids is 1. The van der Waals surface area contributed by atoms with Crippen LogP contribution in [0.2, 0.25) is 0 Å². The molecule has 1 aliphatic rings. The number of hydrogen-bond acceptors (Lipinski definition) is 3. The first-order valence-electron chi connectivity index (χ1n) is 7.20. The third-order valence-electron chi connectivity index (χ3n) is 3.92. The fourth-order valence-corrected chi connectivity index (χ4v) is 2.68. The molecule has 4 nitrogen and oxygen atoms in total. The number of benzene rings is 1. The van der Waals surface area contributed by atoms with E-state index in [1.54, 1.807) is 7.11 Å². The molecule has 4 heteroatoms. The predicted octanol–water partition coefficient (Wildman–Crippen LogP) is 1.83. The molecule has 1 saturated heterocycles. The molecule has 2 atom stereocenters. The lowest BCUT2D eigenvalue weighted by molar-refractivity contribution is -0.139. The van der Waals surface area contributed by atoms with Crippen LogP contribution in [0, 0.1) is 5.92 Å². The molecule has 1 aromatic carbocycles. The maximum atomic E-state index is 12.3. The Bertz CT molecular complexity index is 433. The molecule has 0 aromatic heterocycles. The Morgan fingerprint density at radius 2 is 2.10 bits per heavy atom. The van der Waals surface area contributed by atoms with Gasteiger partial charge >= 0.3 is 0 Å². The summed E-state index contributed by atoms with van der Waals surface area (Å²) in [6.45, 7) is 6.04. The lowest BCUT2D eigenvalue weighted by atomic mass is 9.96. The first kappa shape index (κ1) is 15.0. The number of rotatable bonds is 4. The van der Waals surface area contributed by atoms with Gasteiger partial charge in [0.25, 0.3) is 0 Å². The predicted molar refractivity (Wildman–Crippen MR) is 79.4 cm³/mol. The van der Waals surface area contributed by atoms with Crippen molar-refractivity contribution in [2.24, 2.45) is 5.92 Å². The van der Waals surface area contributed by atoms with E-state index < -0.39 is 0 Å². The van der Waals surface area contributed by atoms with Gasteiger partial charge in [-0.25, -0.2) is 0 Å². The Balaban J connectivity index is 2.19. The van der Waals surface area contributed by atoms with Gasteiger partial charge in [0.2, 0.25) is 5.91 Å². The van der Waals surface area contributed by atoms with Crippen LogP contribution in [-0.2, 0) is 9.53 Å². The number of methoxy groups -OCH3 is 1. The van der Waals surface area contributed by atoms with Crippen molar-refractivity contribution in [3.05, 3.63) is 35.9 Å². The van der Waals surface area contributed by atoms with Crippen LogP contribution in [-0.4, -0.2) is 43.7 Å². The van der Waals surface area contributed by atoms with Crippen LogP contribution < -0.4 is 5.32 Å². The topological polar surface area (TPSA) is 41.6 Å². The number of nitrogens with one attached hydrogen (secondary N) is 1. The second-order valence-electron chi connectivity index (χ2n) is 5.66. The van der Waals surface area contributed by atoms with E-state index in [1.807, 2.05) is 23.1 Å². The van der Waals surface area contributed by atoms with E-state index in [9.17, 15) is 4.79 Å². The maximum absolute atomic E-state index is 12.3. The Morgan fingerprint density at radius 3 is 2.70 bits per heavy atom. The number of piperazine rings is 1. The summed E-state index contributed by atoms with van der Waals surface area (Å²) in [6.07, 6.45) is 0. The van der Waals surface area contributed by atoms with Gasteiger partial charge in [-0.15, -0.1) is 0 Å². The molecule has 1 fully saturated rings. The second-order valence-corrected chi connectivity index (χ2v) is 5.66. The molecule has 0 saturated carbocycles. The molecule has 1 heterocycles. The van der Waals surface area contributed by atoms with Crippen LogP contribution in [0.5, 0.6) is 0 Å². The van der Waals surface area contributed by atoms with Gasteiger partial charge in [0.15, 0.2) is 0 Å². The molecule has 0 radical (unpaired) electrons. The minimum atomic E-state index is 0.0634. The van der Waals surface area contributed by atoms with Crippen molar-refractivity contribution < 1.29 is 9.53 Å². The summed E-state index contributed by atoms with van der Waals surface area (Å²) in [7, 11) is 1.57. The largest absolute Gasteiger partial charge is 0.375 e. The van der Waals surface area contributed by atoms with Crippen LogP contribution in [0.4, 0.5) is 0 Å². The molecular weight excluding hydrogens is 252 g/mol. The van der Waals surface area contributed by atoms with Crippen molar-refractivity contribution in [3.63, 3.8) is 0 Å². The minimum absolute atomic E-state index is 0.0634. The van der Waals surface area contributed by atoms with Gasteiger partial charge in [-0.2, -0.15) is 0 Å². The van der Waals surface area contributed by atoms with Gasteiger partial charge in [-0.3, -0.25) is 4.79 Å². The molecule has 0 bridgehead atoms. The standard InChI is InChI=1S/C16H24N2O2/c1-12(2)14-10-18(16(19)11-20-3)15(9-17-14)13-7-5-4-6-8-13/h4-8,12,14-15,17H,9-11H2,1-3H3. The molecule has 110 valence electrons. The highest BCUT2D eigenvalue weighted by atomic mass is 16.5. The zero-order valence-corrected chi connectivity index (χ0v) is 12.5. The molecule has 1 aromatic rings. The summed E-state index contributed by atoms with van der Waals surface area (Å²) in [6, 6.07) is 10.6. The molecule has 1 amide bonds. The average molecular weight is 276 g/mol. The maximum Gasteiger partial charge on any atom is 0.249 e. The lowest BCUT2D eigenvalue weighted by Crippen LogP contribution is -2.56. The van der Waals surface area contributed by atoms with Crippen molar-refractivity contribution in [1.29, 1.82) is 0 Å². The smallest absolute Gasteiger partial charge is 0.249 e. The normalized spacial score (nSPS) is 23.1. The fourth-order valence-electron chi connectivity index (χ4n) is 2.68. The molecule has 1 aliphatic heterocycles. The van der Waals surface area contributed by atoms with E-state index in [2.05, 4.69) is 31.3 Å². The van der Waals surface area contributed by atoms with Gasteiger partial charge < -0.3 is 15.0 Å². The summed E-state index contributed by atoms with van der Waals surface area (Å²) < 4.78 is 5.03. The Morgan fingerprint density at radius 1 is 1.40 bits per heavy atom. The molecule has 2 unspecified atom stereocenters. The summed E-state index contributed by atoms with van der Waals surface area (Å²) in [5.41, 5.74) is 1.17. The van der Waals surface area contributed by atoms with E-state index in [0.29, 0.717) is 12.0 Å². The number of ether oxygens (including phenoxy) is 1. The summed E-state index contributed by atoms with van der Waals surface area (Å²) >= 11 is 0. The Labute approximate surface area is 121 Å². The van der Waals surface area contributed by atoms with E-state index in [-0.39, 0.29) is 18.6 Å². The van der Waals surface area contributed by atoms with Crippen LogP contribution in [0.1, 0.15) is 25.5 Å². The van der Waals surface area contributed by atoms with Crippen molar-refractivity contribution in [3.8, 4) is 0 Å². The highest BCUT2D eigenvalue weighted by Crippen LogP contribution is 2.25. The second kappa shape index (κ2) is 6.86. The molecule has 2 rings (SSSR count). The third kappa shape index (κ3) is 3.38. The highest BCUT2D eigenvalue weighted by molar-refractivity contribution is 5.78. The van der Waals surface area contributed by atoms with E-state index >= 15 is 0 Å². The summed E-state index contributed by atoms with van der Waals surface area (Å²) in [5.74, 6) is 0.568. The van der Waals surface area contributed by atoms with Gasteiger partial charge in [0.1, 0.15) is 6.61 Å². The zero-order valence-electron chi connectivity index (χ0n) is 12.5. The molecule has 20 heavy (non-hydrogen) atoms. The van der Waals surface area contributed by atoms with Crippen LogP contribution >= 0.6 is 0 Å². The van der Waals surface area contributed by atoms with Crippen LogP contribution in [0.3, 0.4) is 0 Å². The fraction of sp³-hybridized carbons (Fsp3) is 0.562. The third-order valence-corrected chi connectivity index (χ3v) is 3.92. The van der Waals surface area contributed by atoms with Gasteiger partial charge in [-0.1, -0.05) is 44.2 Å². The Kier molecular flexibility index (Phi) is 5.15.